The number of rotatable bonds is 10. The van der Waals surface area contributed by atoms with Gasteiger partial charge in [0, 0.05) is 13.8 Å². The van der Waals surface area contributed by atoms with Gasteiger partial charge in [0.2, 0.25) is 0 Å². The second kappa shape index (κ2) is 11.4. The molecule has 0 saturated heterocycles. The second-order valence-electron chi connectivity index (χ2n) is 3.84. The van der Waals surface area contributed by atoms with Crippen LogP contribution in [0.2, 0.25) is 0 Å². The summed E-state index contributed by atoms with van der Waals surface area (Å²) in [6, 6.07) is 0. The van der Waals surface area contributed by atoms with Gasteiger partial charge in [-0.05, 0) is 38.8 Å². The van der Waals surface area contributed by atoms with Crippen LogP contribution in [0, 0.1) is 0 Å². The Hall–Kier alpha value is -1.10. The molecule has 0 aromatic rings. The smallest absolute Gasteiger partial charge is 0.302 e. The zero-order valence-corrected chi connectivity index (χ0v) is 10.8. The largest absolute Gasteiger partial charge is 0.466 e. The van der Waals surface area contributed by atoms with E-state index in [9.17, 15) is 9.59 Å². The standard InChI is InChI=1S/C12H23NO4/c1-11(14)16-9-5-3-7-13-8-4-6-10-17-12(2)15/h13H,3-10H2,1-2H3. The first kappa shape index (κ1) is 15.9. The van der Waals surface area contributed by atoms with Crippen LogP contribution in [0.5, 0.6) is 0 Å². The van der Waals surface area contributed by atoms with Crippen LogP contribution < -0.4 is 5.32 Å². The van der Waals surface area contributed by atoms with Gasteiger partial charge in [-0.15, -0.1) is 0 Å². The van der Waals surface area contributed by atoms with Gasteiger partial charge in [0.1, 0.15) is 0 Å². The number of unbranched alkanes of at least 4 members (excludes halogenated alkanes) is 2. The Balaban J connectivity index is 2.98. The van der Waals surface area contributed by atoms with Crippen molar-refractivity contribution in [2.45, 2.75) is 39.5 Å². The van der Waals surface area contributed by atoms with E-state index in [-0.39, 0.29) is 11.9 Å². The van der Waals surface area contributed by atoms with Crippen LogP contribution in [-0.4, -0.2) is 38.2 Å². The maximum Gasteiger partial charge on any atom is 0.302 e. The summed E-state index contributed by atoms with van der Waals surface area (Å²) < 4.78 is 9.62. The molecule has 0 bridgehead atoms. The molecular formula is C12H23NO4. The number of ether oxygens (including phenoxy) is 2. The maximum atomic E-state index is 10.5. The predicted octanol–water partition coefficient (Wildman–Crippen LogP) is 1.26. The van der Waals surface area contributed by atoms with Crippen molar-refractivity contribution in [3.8, 4) is 0 Å². The minimum Gasteiger partial charge on any atom is -0.466 e. The molecule has 0 saturated carbocycles. The number of carbonyl (C=O) groups excluding carboxylic acids is 2. The number of hydrogen-bond acceptors (Lipinski definition) is 5. The van der Waals surface area contributed by atoms with E-state index in [1.807, 2.05) is 0 Å². The van der Waals surface area contributed by atoms with Gasteiger partial charge >= 0.3 is 11.9 Å². The van der Waals surface area contributed by atoms with Gasteiger partial charge in [0.25, 0.3) is 0 Å². The third kappa shape index (κ3) is 14.9. The van der Waals surface area contributed by atoms with Crippen LogP contribution in [0.3, 0.4) is 0 Å². The first-order chi connectivity index (χ1) is 8.13. The summed E-state index contributed by atoms with van der Waals surface area (Å²) >= 11 is 0. The summed E-state index contributed by atoms with van der Waals surface area (Å²) in [6.07, 6.45) is 3.77. The Kier molecular flexibility index (Phi) is 10.7. The molecule has 0 atom stereocenters. The molecule has 100 valence electrons. The van der Waals surface area contributed by atoms with Crippen LogP contribution in [0.4, 0.5) is 0 Å². The van der Waals surface area contributed by atoms with E-state index in [4.69, 9.17) is 9.47 Å². The van der Waals surface area contributed by atoms with Gasteiger partial charge in [-0.1, -0.05) is 0 Å². The van der Waals surface area contributed by atoms with Crippen LogP contribution in [-0.2, 0) is 19.1 Å². The van der Waals surface area contributed by atoms with E-state index in [1.165, 1.54) is 13.8 Å². The molecule has 0 amide bonds. The molecule has 0 aromatic carbocycles. The van der Waals surface area contributed by atoms with E-state index in [2.05, 4.69) is 5.32 Å². The average molecular weight is 245 g/mol. The highest BCUT2D eigenvalue weighted by Crippen LogP contribution is 1.91. The monoisotopic (exact) mass is 245 g/mol. The normalized spacial score (nSPS) is 10.0. The fourth-order valence-electron chi connectivity index (χ4n) is 1.26. The van der Waals surface area contributed by atoms with Crippen LogP contribution in [0.25, 0.3) is 0 Å². The predicted molar refractivity (Wildman–Crippen MR) is 64.6 cm³/mol. The van der Waals surface area contributed by atoms with Crippen LogP contribution >= 0.6 is 0 Å². The number of carbonyl (C=O) groups is 2. The topological polar surface area (TPSA) is 64.6 Å². The van der Waals surface area contributed by atoms with E-state index >= 15 is 0 Å². The summed E-state index contributed by atoms with van der Waals surface area (Å²) in [4.78, 5) is 20.9. The quantitative estimate of drug-likeness (QED) is 0.464. The van der Waals surface area contributed by atoms with Gasteiger partial charge in [-0.25, -0.2) is 0 Å². The highest BCUT2D eigenvalue weighted by Gasteiger charge is 1.94. The third-order valence-electron chi connectivity index (χ3n) is 2.11. The van der Waals surface area contributed by atoms with Crippen molar-refractivity contribution in [2.24, 2.45) is 0 Å². The fourth-order valence-corrected chi connectivity index (χ4v) is 1.26. The summed E-state index contributed by atoms with van der Waals surface area (Å²) in [5.74, 6) is -0.438. The molecule has 5 heteroatoms. The number of hydrogen-bond donors (Lipinski definition) is 1. The SMILES string of the molecule is CC(=O)OCCCCNCCCCOC(C)=O. The fraction of sp³-hybridized carbons (Fsp3) is 0.833. The lowest BCUT2D eigenvalue weighted by molar-refractivity contribution is -0.142. The van der Waals surface area contributed by atoms with E-state index in [0.717, 1.165) is 38.8 Å². The minimum absolute atomic E-state index is 0.219. The Labute approximate surface area is 103 Å². The molecule has 0 unspecified atom stereocenters. The van der Waals surface area contributed by atoms with Crippen molar-refractivity contribution in [1.82, 2.24) is 5.32 Å². The van der Waals surface area contributed by atoms with Gasteiger partial charge in [0.05, 0.1) is 13.2 Å². The molecule has 0 aromatic heterocycles. The summed E-state index contributed by atoms with van der Waals surface area (Å²) in [5, 5.41) is 3.28. The molecule has 0 aliphatic heterocycles. The molecule has 0 rings (SSSR count). The van der Waals surface area contributed by atoms with Gasteiger partial charge in [0.15, 0.2) is 0 Å². The summed E-state index contributed by atoms with van der Waals surface area (Å²) in [5.41, 5.74) is 0. The van der Waals surface area contributed by atoms with E-state index in [1.54, 1.807) is 0 Å². The van der Waals surface area contributed by atoms with Crippen molar-refractivity contribution in [2.75, 3.05) is 26.3 Å². The van der Waals surface area contributed by atoms with Crippen molar-refractivity contribution in [3.63, 3.8) is 0 Å². The Morgan fingerprint density at radius 1 is 0.824 bits per heavy atom. The number of esters is 2. The van der Waals surface area contributed by atoms with Crippen molar-refractivity contribution in [3.05, 3.63) is 0 Å². The van der Waals surface area contributed by atoms with Crippen LogP contribution in [0.15, 0.2) is 0 Å². The Morgan fingerprint density at radius 2 is 1.24 bits per heavy atom. The molecule has 0 spiro atoms. The number of nitrogens with one attached hydrogen (secondary N) is 1. The average Bonchev–Trinajstić information content (AvgIpc) is 2.25. The van der Waals surface area contributed by atoms with Gasteiger partial charge in [-0.3, -0.25) is 9.59 Å². The minimum atomic E-state index is -0.219. The van der Waals surface area contributed by atoms with E-state index in [0.29, 0.717) is 13.2 Å². The molecule has 17 heavy (non-hydrogen) atoms. The van der Waals surface area contributed by atoms with Crippen molar-refractivity contribution in [1.29, 1.82) is 0 Å². The van der Waals surface area contributed by atoms with Crippen molar-refractivity contribution >= 4 is 11.9 Å². The molecule has 5 nitrogen and oxygen atoms in total. The summed E-state index contributed by atoms with van der Waals surface area (Å²) in [7, 11) is 0. The molecular weight excluding hydrogens is 222 g/mol. The molecule has 0 aliphatic carbocycles. The van der Waals surface area contributed by atoms with Gasteiger partial charge in [-0.2, -0.15) is 0 Å². The first-order valence-corrected chi connectivity index (χ1v) is 6.10. The lowest BCUT2D eigenvalue weighted by Gasteiger charge is -2.05. The summed E-state index contributed by atoms with van der Waals surface area (Å²) in [6.45, 7) is 5.69. The zero-order valence-electron chi connectivity index (χ0n) is 10.8. The highest BCUT2D eigenvalue weighted by atomic mass is 16.5. The Morgan fingerprint density at radius 3 is 1.59 bits per heavy atom. The highest BCUT2D eigenvalue weighted by molar-refractivity contribution is 5.66. The second-order valence-corrected chi connectivity index (χ2v) is 3.84. The first-order valence-electron chi connectivity index (χ1n) is 6.10. The third-order valence-corrected chi connectivity index (χ3v) is 2.11. The molecule has 0 fully saturated rings. The zero-order chi connectivity index (χ0) is 12.9. The van der Waals surface area contributed by atoms with Crippen molar-refractivity contribution < 1.29 is 19.1 Å². The lowest BCUT2D eigenvalue weighted by atomic mass is 10.3. The lowest BCUT2D eigenvalue weighted by Crippen LogP contribution is -2.17. The molecule has 0 radical (unpaired) electrons. The molecule has 0 heterocycles. The van der Waals surface area contributed by atoms with Gasteiger partial charge < -0.3 is 14.8 Å². The maximum absolute atomic E-state index is 10.5. The molecule has 0 aliphatic rings. The van der Waals surface area contributed by atoms with Crippen LogP contribution in [0.1, 0.15) is 39.5 Å². The Bertz CT molecular complexity index is 197. The molecule has 1 N–H and O–H groups in total. The van der Waals surface area contributed by atoms with E-state index < -0.39 is 0 Å².